The monoisotopic (exact) mass is 359 g/mol. The second-order valence-electron chi connectivity index (χ2n) is 6.17. The van der Waals surface area contributed by atoms with Crippen molar-refractivity contribution in [2.45, 2.75) is 30.8 Å². The fourth-order valence-electron chi connectivity index (χ4n) is 2.64. The van der Waals surface area contributed by atoms with Crippen LogP contribution in [0.15, 0.2) is 42.2 Å². The molecule has 7 nitrogen and oxygen atoms in total. The molecule has 0 fully saturated rings. The summed E-state index contributed by atoms with van der Waals surface area (Å²) in [6.45, 7) is 7.53. The average molecular weight is 359 g/mol. The van der Waals surface area contributed by atoms with Crippen molar-refractivity contribution in [3.8, 4) is 0 Å². The van der Waals surface area contributed by atoms with Gasteiger partial charge in [0.2, 0.25) is 0 Å². The number of fused-ring (bicyclic) bond motifs is 1. The predicted octanol–water partition coefficient (Wildman–Crippen LogP) is 2.37. The van der Waals surface area contributed by atoms with Crippen LogP contribution in [0.4, 0.5) is 11.6 Å². The second kappa shape index (κ2) is 6.72. The summed E-state index contributed by atoms with van der Waals surface area (Å²) in [5, 5.41) is 25.0. The molecule has 0 radical (unpaired) electrons. The number of aromatic nitrogens is 3. The summed E-state index contributed by atoms with van der Waals surface area (Å²) < 4.78 is 0. The summed E-state index contributed by atoms with van der Waals surface area (Å²) in [6, 6.07) is 5.40. The lowest BCUT2D eigenvalue weighted by molar-refractivity contribution is 0.0244. The number of aliphatic hydroxyl groups is 2. The van der Waals surface area contributed by atoms with Crippen LogP contribution in [-0.4, -0.2) is 43.0 Å². The van der Waals surface area contributed by atoms with E-state index in [1.165, 1.54) is 11.8 Å². The molecule has 8 heteroatoms. The number of thioether (sulfide) groups is 1. The van der Waals surface area contributed by atoms with E-state index in [1.54, 1.807) is 42.2 Å². The zero-order chi connectivity index (χ0) is 18.2. The van der Waals surface area contributed by atoms with E-state index in [-0.39, 0.29) is 0 Å². The van der Waals surface area contributed by atoms with Gasteiger partial charge in [0.25, 0.3) is 0 Å². The molecule has 3 rings (SSSR count). The van der Waals surface area contributed by atoms with Gasteiger partial charge in [-0.05, 0) is 32.2 Å². The number of hydrogen-bond donors (Lipinski definition) is 2. The Balaban J connectivity index is 2.14. The summed E-state index contributed by atoms with van der Waals surface area (Å²) in [4.78, 5) is 13.4. The topological polar surface area (TPSA) is 85.6 Å². The van der Waals surface area contributed by atoms with Crippen LogP contribution in [0, 0.1) is 0 Å². The molecule has 0 aromatic carbocycles. The molecule has 0 spiro atoms. The SMILES string of the molecule is C=CCN1C(O)c2cnc(SC)nc2N1c1cccc(C(C)(C)O)n1. The van der Waals surface area contributed by atoms with Crippen molar-refractivity contribution < 1.29 is 10.2 Å². The van der Waals surface area contributed by atoms with Crippen LogP contribution in [0.1, 0.15) is 31.3 Å². The minimum atomic E-state index is -1.07. The van der Waals surface area contributed by atoms with Crippen molar-refractivity contribution in [2.75, 3.05) is 17.8 Å². The summed E-state index contributed by atoms with van der Waals surface area (Å²) in [6.07, 6.45) is 4.34. The van der Waals surface area contributed by atoms with Crippen molar-refractivity contribution >= 4 is 23.4 Å². The summed E-state index contributed by atoms with van der Waals surface area (Å²) in [5.41, 5.74) is 0.0667. The van der Waals surface area contributed by atoms with Gasteiger partial charge >= 0.3 is 0 Å². The number of nitrogens with zero attached hydrogens (tertiary/aromatic N) is 5. The third-order valence-electron chi connectivity index (χ3n) is 3.87. The molecule has 0 bridgehead atoms. The highest BCUT2D eigenvalue weighted by Gasteiger charge is 2.38. The lowest BCUT2D eigenvalue weighted by atomic mass is 10.1. The van der Waals surface area contributed by atoms with Gasteiger partial charge in [-0.2, -0.15) is 5.01 Å². The van der Waals surface area contributed by atoms with Crippen LogP contribution in [0.5, 0.6) is 0 Å². The Bertz CT molecular complexity index is 793. The van der Waals surface area contributed by atoms with Gasteiger partial charge in [0.05, 0.1) is 11.3 Å². The number of hydrogen-bond acceptors (Lipinski definition) is 8. The van der Waals surface area contributed by atoms with Crippen LogP contribution in [-0.2, 0) is 5.60 Å². The van der Waals surface area contributed by atoms with Crippen molar-refractivity contribution in [3.05, 3.63) is 48.3 Å². The summed E-state index contributed by atoms with van der Waals surface area (Å²) in [5.74, 6) is 1.14. The van der Waals surface area contributed by atoms with Crippen molar-refractivity contribution in [1.82, 2.24) is 20.0 Å². The molecular formula is C17H21N5O2S. The Morgan fingerprint density at radius 1 is 1.36 bits per heavy atom. The Morgan fingerprint density at radius 3 is 2.76 bits per heavy atom. The Hall–Kier alpha value is -2.00. The van der Waals surface area contributed by atoms with E-state index >= 15 is 0 Å². The van der Waals surface area contributed by atoms with Gasteiger partial charge in [-0.3, -0.25) is 0 Å². The molecule has 25 heavy (non-hydrogen) atoms. The molecule has 2 N–H and O–H groups in total. The Morgan fingerprint density at radius 2 is 2.12 bits per heavy atom. The van der Waals surface area contributed by atoms with E-state index in [1.807, 2.05) is 18.4 Å². The maximum Gasteiger partial charge on any atom is 0.189 e. The van der Waals surface area contributed by atoms with Gasteiger partial charge in [0, 0.05) is 12.7 Å². The molecule has 1 unspecified atom stereocenters. The number of hydrazine groups is 1. The molecular weight excluding hydrogens is 338 g/mol. The molecule has 0 amide bonds. The number of pyridine rings is 1. The Labute approximate surface area is 151 Å². The van der Waals surface area contributed by atoms with Crippen LogP contribution in [0.25, 0.3) is 0 Å². The minimum absolute atomic E-state index is 0.403. The zero-order valence-electron chi connectivity index (χ0n) is 14.4. The first-order chi connectivity index (χ1) is 11.9. The van der Waals surface area contributed by atoms with Gasteiger partial charge < -0.3 is 10.2 Å². The highest BCUT2D eigenvalue weighted by Crippen LogP contribution is 2.41. The van der Waals surface area contributed by atoms with Crippen LogP contribution in [0.2, 0.25) is 0 Å². The maximum absolute atomic E-state index is 10.7. The van der Waals surface area contributed by atoms with Crippen LogP contribution in [0.3, 0.4) is 0 Å². The summed E-state index contributed by atoms with van der Waals surface area (Å²) in [7, 11) is 0. The fraction of sp³-hybridized carbons (Fsp3) is 0.353. The molecule has 0 saturated heterocycles. The minimum Gasteiger partial charge on any atom is -0.384 e. The molecule has 2 aromatic rings. The Kier molecular flexibility index (Phi) is 4.79. The lowest BCUT2D eigenvalue weighted by Crippen LogP contribution is -2.37. The third kappa shape index (κ3) is 3.25. The van der Waals surface area contributed by atoms with Gasteiger partial charge in [0.15, 0.2) is 17.2 Å². The smallest absolute Gasteiger partial charge is 0.189 e. The highest BCUT2D eigenvalue weighted by atomic mass is 32.2. The first-order valence-electron chi connectivity index (χ1n) is 7.83. The van der Waals surface area contributed by atoms with E-state index in [2.05, 4.69) is 21.5 Å². The number of rotatable bonds is 5. The molecule has 0 aliphatic carbocycles. The standard InChI is InChI=1S/C17H21N5O2S/c1-5-9-21-15(23)11-10-18-16(25-4)20-14(11)22(21)13-8-6-7-12(19-13)17(2,3)24/h5-8,10,15,23-24H,1,9H2,2-4H3. The van der Waals surface area contributed by atoms with Crippen LogP contribution >= 0.6 is 11.8 Å². The van der Waals surface area contributed by atoms with Gasteiger partial charge in [0.1, 0.15) is 11.4 Å². The fourth-order valence-corrected chi connectivity index (χ4v) is 2.98. The van der Waals surface area contributed by atoms with E-state index in [4.69, 9.17) is 0 Å². The largest absolute Gasteiger partial charge is 0.384 e. The predicted molar refractivity (Wildman–Crippen MR) is 97.3 cm³/mol. The van der Waals surface area contributed by atoms with Gasteiger partial charge in [-0.1, -0.05) is 23.9 Å². The van der Waals surface area contributed by atoms with E-state index in [9.17, 15) is 10.2 Å². The molecule has 0 saturated carbocycles. The lowest BCUT2D eigenvalue weighted by Gasteiger charge is -2.30. The van der Waals surface area contributed by atoms with Gasteiger partial charge in [-0.25, -0.2) is 20.0 Å². The highest BCUT2D eigenvalue weighted by molar-refractivity contribution is 7.98. The van der Waals surface area contributed by atoms with E-state index in [0.717, 1.165) is 0 Å². The summed E-state index contributed by atoms with van der Waals surface area (Å²) >= 11 is 1.43. The first-order valence-corrected chi connectivity index (χ1v) is 9.05. The van der Waals surface area contributed by atoms with Crippen molar-refractivity contribution in [1.29, 1.82) is 0 Å². The van der Waals surface area contributed by atoms with E-state index < -0.39 is 11.8 Å². The van der Waals surface area contributed by atoms with Gasteiger partial charge in [-0.15, -0.1) is 6.58 Å². The first kappa shape index (κ1) is 17.8. The molecule has 1 aliphatic heterocycles. The second-order valence-corrected chi connectivity index (χ2v) is 6.95. The van der Waals surface area contributed by atoms with Crippen LogP contribution < -0.4 is 5.01 Å². The third-order valence-corrected chi connectivity index (χ3v) is 4.43. The maximum atomic E-state index is 10.7. The number of anilines is 2. The van der Waals surface area contributed by atoms with E-state index in [0.29, 0.717) is 34.6 Å². The molecule has 1 atom stereocenters. The van der Waals surface area contributed by atoms with Crippen molar-refractivity contribution in [3.63, 3.8) is 0 Å². The normalized spacial score (nSPS) is 17.6. The molecule has 132 valence electrons. The molecule has 1 aliphatic rings. The molecule has 2 aromatic heterocycles. The number of aliphatic hydroxyl groups excluding tert-OH is 1. The quantitative estimate of drug-likeness (QED) is 0.478. The molecule has 3 heterocycles. The zero-order valence-corrected chi connectivity index (χ0v) is 15.2. The van der Waals surface area contributed by atoms with Crippen molar-refractivity contribution in [2.24, 2.45) is 0 Å². The average Bonchev–Trinajstić information content (AvgIpc) is 2.86.